The number of amides is 1. The molecular formula is C24H41NO5. The van der Waals surface area contributed by atoms with Gasteiger partial charge in [-0.2, -0.15) is 0 Å². The SMILES string of the molecule is CCCCC[C@H](O)C=C[C@H]1CCC(=O)[C@@H]1CCCCCCC(=O)NCCCC(=O)O. The van der Waals surface area contributed by atoms with Crippen molar-refractivity contribution < 1.29 is 24.6 Å². The van der Waals surface area contributed by atoms with Crippen molar-refractivity contribution in [1.82, 2.24) is 5.32 Å². The van der Waals surface area contributed by atoms with Crippen LogP contribution in [0.1, 0.15) is 96.8 Å². The molecule has 1 aliphatic carbocycles. The zero-order valence-electron chi connectivity index (χ0n) is 18.6. The van der Waals surface area contributed by atoms with Crippen molar-refractivity contribution in [3.8, 4) is 0 Å². The number of carbonyl (C=O) groups is 3. The number of Topliss-reactive ketones (excluding diaryl/α,β-unsaturated/α-hetero) is 1. The topological polar surface area (TPSA) is 104 Å². The van der Waals surface area contributed by atoms with Crippen molar-refractivity contribution in [2.24, 2.45) is 11.8 Å². The van der Waals surface area contributed by atoms with E-state index in [0.29, 0.717) is 31.6 Å². The third kappa shape index (κ3) is 12.1. The summed E-state index contributed by atoms with van der Waals surface area (Å²) in [4.78, 5) is 34.3. The summed E-state index contributed by atoms with van der Waals surface area (Å²) in [6.45, 7) is 2.56. The second-order valence-electron chi connectivity index (χ2n) is 8.52. The van der Waals surface area contributed by atoms with E-state index >= 15 is 0 Å². The lowest BCUT2D eigenvalue weighted by molar-refractivity contribution is -0.137. The minimum atomic E-state index is -0.842. The average molecular weight is 424 g/mol. The van der Waals surface area contributed by atoms with Gasteiger partial charge in [-0.25, -0.2) is 0 Å². The number of rotatable bonds is 17. The van der Waals surface area contributed by atoms with Gasteiger partial charge < -0.3 is 15.5 Å². The number of carboxylic acids is 1. The van der Waals surface area contributed by atoms with Gasteiger partial charge in [-0.1, -0.05) is 57.6 Å². The van der Waals surface area contributed by atoms with E-state index in [0.717, 1.165) is 64.2 Å². The number of hydrogen-bond acceptors (Lipinski definition) is 4. The molecule has 6 heteroatoms. The first-order valence-electron chi connectivity index (χ1n) is 11.8. The number of hydrogen-bond donors (Lipinski definition) is 3. The smallest absolute Gasteiger partial charge is 0.303 e. The van der Waals surface area contributed by atoms with Crippen molar-refractivity contribution in [3.63, 3.8) is 0 Å². The molecule has 3 atom stereocenters. The molecule has 0 aromatic rings. The van der Waals surface area contributed by atoms with Gasteiger partial charge in [-0.3, -0.25) is 14.4 Å². The number of carbonyl (C=O) groups excluding carboxylic acids is 2. The monoisotopic (exact) mass is 423 g/mol. The molecule has 0 aromatic heterocycles. The standard InChI is InChI=1S/C24H41NO5/c1-2-3-6-10-20(26)16-14-19-15-17-22(27)21(19)11-7-4-5-8-12-23(28)25-18-9-13-24(29)30/h14,16,19-21,26H,2-13,15,17-18H2,1H3,(H,25,28)(H,29,30)/t19-,20-,21+/m0/s1. The summed E-state index contributed by atoms with van der Waals surface area (Å²) in [5.74, 6) is -0.165. The maximum Gasteiger partial charge on any atom is 0.303 e. The van der Waals surface area contributed by atoms with Crippen molar-refractivity contribution in [2.45, 2.75) is 103 Å². The third-order valence-electron chi connectivity index (χ3n) is 5.90. The van der Waals surface area contributed by atoms with Gasteiger partial charge in [0.05, 0.1) is 6.10 Å². The maximum atomic E-state index is 12.2. The lowest BCUT2D eigenvalue weighted by Gasteiger charge is -2.15. The number of aliphatic carboxylic acids is 1. The molecular weight excluding hydrogens is 382 g/mol. The molecule has 1 saturated carbocycles. The molecule has 172 valence electrons. The van der Waals surface area contributed by atoms with Crippen LogP contribution >= 0.6 is 0 Å². The molecule has 1 rings (SSSR count). The van der Waals surface area contributed by atoms with Gasteiger partial charge in [0.2, 0.25) is 5.91 Å². The van der Waals surface area contributed by atoms with Gasteiger partial charge >= 0.3 is 5.97 Å². The van der Waals surface area contributed by atoms with Crippen LogP contribution in [0.25, 0.3) is 0 Å². The van der Waals surface area contributed by atoms with Gasteiger partial charge in [-0.05, 0) is 38.0 Å². The molecule has 0 bridgehead atoms. The Labute approximate surface area is 181 Å². The van der Waals surface area contributed by atoms with E-state index in [2.05, 4.69) is 18.3 Å². The molecule has 30 heavy (non-hydrogen) atoms. The molecule has 1 amide bonds. The van der Waals surface area contributed by atoms with Gasteiger partial charge in [0, 0.05) is 31.7 Å². The molecule has 0 saturated heterocycles. The molecule has 3 N–H and O–H groups in total. The fraction of sp³-hybridized carbons (Fsp3) is 0.792. The Balaban J connectivity index is 2.16. The Bertz CT molecular complexity index is 546. The number of nitrogens with one attached hydrogen (secondary N) is 1. The third-order valence-corrected chi connectivity index (χ3v) is 5.90. The maximum absolute atomic E-state index is 12.2. The summed E-state index contributed by atoms with van der Waals surface area (Å²) >= 11 is 0. The van der Waals surface area contributed by atoms with Gasteiger partial charge in [-0.15, -0.1) is 0 Å². The summed E-state index contributed by atoms with van der Waals surface area (Å²) < 4.78 is 0. The Kier molecular flexibility index (Phi) is 14.1. The fourth-order valence-electron chi connectivity index (χ4n) is 4.07. The summed E-state index contributed by atoms with van der Waals surface area (Å²) in [7, 11) is 0. The average Bonchev–Trinajstić information content (AvgIpc) is 3.06. The molecule has 0 spiro atoms. The zero-order chi connectivity index (χ0) is 22.2. The van der Waals surface area contributed by atoms with Crippen LogP contribution in [0.15, 0.2) is 12.2 Å². The largest absolute Gasteiger partial charge is 0.481 e. The van der Waals surface area contributed by atoms with Crippen molar-refractivity contribution in [3.05, 3.63) is 12.2 Å². The van der Waals surface area contributed by atoms with E-state index in [-0.39, 0.29) is 24.2 Å². The summed E-state index contributed by atoms with van der Waals surface area (Å²) in [5.41, 5.74) is 0. The second kappa shape index (κ2) is 16.1. The highest BCUT2D eigenvalue weighted by molar-refractivity contribution is 5.83. The van der Waals surface area contributed by atoms with E-state index in [1.54, 1.807) is 0 Å². The molecule has 0 aromatic carbocycles. The number of ketones is 1. The minimum Gasteiger partial charge on any atom is -0.481 e. The van der Waals surface area contributed by atoms with Crippen LogP contribution in [0.3, 0.4) is 0 Å². The number of allylic oxidation sites excluding steroid dienone is 1. The van der Waals surface area contributed by atoms with Gasteiger partial charge in [0.15, 0.2) is 0 Å². The van der Waals surface area contributed by atoms with Crippen molar-refractivity contribution in [2.75, 3.05) is 6.54 Å². The Morgan fingerprint density at radius 1 is 1.10 bits per heavy atom. The predicted molar refractivity (Wildman–Crippen MR) is 118 cm³/mol. The molecule has 0 heterocycles. The summed E-state index contributed by atoms with van der Waals surface area (Å²) in [6.07, 6.45) is 14.9. The normalized spacial score (nSPS) is 20.0. The highest BCUT2D eigenvalue weighted by Crippen LogP contribution is 2.34. The Morgan fingerprint density at radius 3 is 2.60 bits per heavy atom. The van der Waals surface area contributed by atoms with Crippen LogP contribution in [0.5, 0.6) is 0 Å². The van der Waals surface area contributed by atoms with Crippen LogP contribution in [0.4, 0.5) is 0 Å². The Hall–Kier alpha value is -1.69. The predicted octanol–water partition coefficient (Wildman–Crippen LogP) is 4.40. The first kappa shape index (κ1) is 26.3. The van der Waals surface area contributed by atoms with E-state index in [4.69, 9.17) is 5.11 Å². The molecule has 1 aliphatic rings. The van der Waals surface area contributed by atoms with E-state index in [1.807, 2.05) is 6.08 Å². The summed E-state index contributed by atoms with van der Waals surface area (Å²) in [5, 5.41) is 21.4. The molecule has 0 aliphatic heterocycles. The van der Waals surface area contributed by atoms with E-state index in [9.17, 15) is 19.5 Å². The first-order chi connectivity index (χ1) is 14.4. The first-order valence-corrected chi connectivity index (χ1v) is 11.8. The lowest BCUT2D eigenvalue weighted by atomic mass is 9.89. The van der Waals surface area contributed by atoms with Crippen molar-refractivity contribution in [1.29, 1.82) is 0 Å². The second-order valence-corrected chi connectivity index (χ2v) is 8.52. The molecule has 6 nitrogen and oxygen atoms in total. The van der Waals surface area contributed by atoms with Crippen LogP contribution < -0.4 is 5.32 Å². The lowest BCUT2D eigenvalue weighted by Crippen LogP contribution is -2.24. The quantitative estimate of drug-likeness (QED) is 0.238. The molecule has 1 fully saturated rings. The number of aliphatic hydroxyl groups excluding tert-OH is 1. The van der Waals surface area contributed by atoms with E-state index in [1.165, 1.54) is 0 Å². The number of unbranched alkanes of at least 4 members (excludes halogenated alkanes) is 5. The number of aliphatic hydroxyl groups is 1. The van der Waals surface area contributed by atoms with Crippen LogP contribution in [0, 0.1) is 11.8 Å². The molecule has 0 unspecified atom stereocenters. The zero-order valence-corrected chi connectivity index (χ0v) is 18.6. The van der Waals surface area contributed by atoms with Gasteiger partial charge in [0.1, 0.15) is 5.78 Å². The van der Waals surface area contributed by atoms with Gasteiger partial charge in [0.25, 0.3) is 0 Å². The van der Waals surface area contributed by atoms with Crippen molar-refractivity contribution >= 4 is 17.7 Å². The van der Waals surface area contributed by atoms with E-state index < -0.39 is 12.1 Å². The summed E-state index contributed by atoms with van der Waals surface area (Å²) in [6, 6.07) is 0. The highest BCUT2D eigenvalue weighted by Gasteiger charge is 2.32. The fourth-order valence-corrected chi connectivity index (χ4v) is 4.07. The molecule has 0 radical (unpaired) electrons. The number of carboxylic acid groups (broad SMARTS) is 1. The minimum absolute atomic E-state index is 0.0194. The van der Waals surface area contributed by atoms with Crippen LogP contribution in [0.2, 0.25) is 0 Å². The van der Waals surface area contributed by atoms with Crippen LogP contribution in [-0.4, -0.2) is 40.5 Å². The van der Waals surface area contributed by atoms with Crippen LogP contribution in [-0.2, 0) is 14.4 Å². The highest BCUT2D eigenvalue weighted by atomic mass is 16.4. The Morgan fingerprint density at radius 2 is 1.87 bits per heavy atom.